The highest BCUT2D eigenvalue weighted by atomic mass is 19.2. The van der Waals surface area contributed by atoms with E-state index in [9.17, 15) is 13.2 Å². The molecule has 0 saturated heterocycles. The van der Waals surface area contributed by atoms with Gasteiger partial charge in [0, 0.05) is 33.3 Å². The van der Waals surface area contributed by atoms with Crippen LogP contribution in [0.25, 0.3) is 0 Å². The Balaban J connectivity index is 2.30. The fraction of sp³-hybridized carbons (Fsp3) is 0.538. The summed E-state index contributed by atoms with van der Waals surface area (Å²) < 4.78 is 43.6. The van der Waals surface area contributed by atoms with Gasteiger partial charge >= 0.3 is 0 Å². The number of rotatable bonds is 8. The number of hydrogen-bond donors (Lipinski definition) is 1. The van der Waals surface area contributed by atoms with Crippen molar-refractivity contribution < 1.29 is 17.9 Å². The van der Waals surface area contributed by atoms with Crippen molar-refractivity contribution in [1.82, 2.24) is 10.2 Å². The van der Waals surface area contributed by atoms with Crippen molar-refractivity contribution in [1.29, 1.82) is 0 Å². The van der Waals surface area contributed by atoms with E-state index in [1.54, 1.807) is 7.11 Å². The van der Waals surface area contributed by atoms with E-state index in [-0.39, 0.29) is 0 Å². The summed E-state index contributed by atoms with van der Waals surface area (Å²) in [6.45, 7) is 3.23. The van der Waals surface area contributed by atoms with Gasteiger partial charge in [0.25, 0.3) is 0 Å². The van der Waals surface area contributed by atoms with Crippen molar-refractivity contribution in [2.45, 2.75) is 6.54 Å². The second-order valence-corrected chi connectivity index (χ2v) is 4.35. The third kappa shape index (κ3) is 5.59. The molecule has 0 amide bonds. The first-order valence-corrected chi connectivity index (χ1v) is 6.06. The Kier molecular flexibility index (Phi) is 6.83. The Bertz CT molecular complexity index is 378. The van der Waals surface area contributed by atoms with Gasteiger partial charge in [0.15, 0.2) is 17.5 Å². The largest absolute Gasteiger partial charge is 0.383 e. The first-order chi connectivity index (χ1) is 9.04. The van der Waals surface area contributed by atoms with Crippen LogP contribution < -0.4 is 5.32 Å². The molecule has 0 radical (unpaired) electrons. The van der Waals surface area contributed by atoms with E-state index >= 15 is 0 Å². The molecular formula is C13H19F3N2O. The van der Waals surface area contributed by atoms with Crippen molar-refractivity contribution in [2.75, 3.05) is 40.4 Å². The van der Waals surface area contributed by atoms with Crippen LogP contribution in [0.3, 0.4) is 0 Å². The zero-order chi connectivity index (χ0) is 14.3. The molecule has 0 bridgehead atoms. The Labute approximate surface area is 111 Å². The van der Waals surface area contributed by atoms with E-state index in [1.165, 1.54) is 0 Å². The highest BCUT2D eigenvalue weighted by Crippen LogP contribution is 2.13. The van der Waals surface area contributed by atoms with Gasteiger partial charge in [-0.15, -0.1) is 0 Å². The molecule has 0 spiro atoms. The summed E-state index contributed by atoms with van der Waals surface area (Å²) in [5.74, 6) is -3.74. The first-order valence-electron chi connectivity index (χ1n) is 6.06. The molecule has 1 aromatic rings. The molecule has 0 heterocycles. The van der Waals surface area contributed by atoms with Gasteiger partial charge in [-0.05, 0) is 24.7 Å². The quantitative estimate of drug-likeness (QED) is 0.578. The van der Waals surface area contributed by atoms with Crippen molar-refractivity contribution in [3.05, 3.63) is 35.1 Å². The summed E-state index contributed by atoms with van der Waals surface area (Å²) in [4.78, 5) is 2.07. The minimum atomic E-state index is -1.43. The standard InChI is InChI=1S/C13H19F3N2O/c1-18(5-6-19-2)4-3-17-9-10-7-11(14)13(16)12(15)8-10/h7-8,17H,3-6,9H2,1-2H3. The third-order valence-corrected chi connectivity index (χ3v) is 2.72. The Morgan fingerprint density at radius 1 is 1.16 bits per heavy atom. The Morgan fingerprint density at radius 3 is 2.37 bits per heavy atom. The van der Waals surface area contributed by atoms with E-state index in [2.05, 4.69) is 10.2 Å². The van der Waals surface area contributed by atoms with Gasteiger partial charge < -0.3 is 15.0 Å². The molecule has 0 aliphatic carbocycles. The van der Waals surface area contributed by atoms with E-state index in [0.717, 1.165) is 25.2 Å². The number of nitrogens with zero attached hydrogens (tertiary/aromatic N) is 1. The summed E-state index contributed by atoms with van der Waals surface area (Å²) in [7, 11) is 3.60. The number of hydrogen-bond acceptors (Lipinski definition) is 3. The average Bonchev–Trinajstić information content (AvgIpc) is 2.38. The number of benzene rings is 1. The predicted molar refractivity (Wildman–Crippen MR) is 67.4 cm³/mol. The van der Waals surface area contributed by atoms with Gasteiger partial charge in [0.1, 0.15) is 0 Å². The van der Waals surface area contributed by atoms with Crippen LogP contribution in [0, 0.1) is 17.5 Å². The lowest BCUT2D eigenvalue weighted by Crippen LogP contribution is -2.31. The zero-order valence-corrected chi connectivity index (χ0v) is 11.2. The molecule has 1 aromatic carbocycles. The zero-order valence-electron chi connectivity index (χ0n) is 11.2. The van der Waals surface area contributed by atoms with Crippen LogP contribution in [0.4, 0.5) is 13.2 Å². The van der Waals surface area contributed by atoms with Crippen LogP contribution in [0.5, 0.6) is 0 Å². The summed E-state index contributed by atoms with van der Waals surface area (Å²) in [5, 5.41) is 3.04. The molecule has 19 heavy (non-hydrogen) atoms. The molecule has 108 valence electrons. The molecule has 0 aliphatic heterocycles. The normalized spacial score (nSPS) is 11.3. The summed E-state index contributed by atoms with van der Waals surface area (Å²) in [6, 6.07) is 2.00. The van der Waals surface area contributed by atoms with Gasteiger partial charge in [-0.3, -0.25) is 0 Å². The summed E-state index contributed by atoms with van der Waals surface area (Å²) >= 11 is 0. The number of halogens is 3. The number of likely N-dealkylation sites (N-methyl/N-ethyl adjacent to an activating group) is 1. The maximum atomic E-state index is 13.0. The number of methoxy groups -OCH3 is 1. The van der Waals surface area contributed by atoms with Crippen LogP contribution in [0.15, 0.2) is 12.1 Å². The van der Waals surface area contributed by atoms with E-state index < -0.39 is 17.5 Å². The van der Waals surface area contributed by atoms with Gasteiger partial charge in [-0.25, -0.2) is 13.2 Å². The molecule has 0 aromatic heterocycles. The molecular weight excluding hydrogens is 257 g/mol. The van der Waals surface area contributed by atoms with Crippen LogP contribution in [0.1, 0.15) is 5.56 Å². The molecule has 6 heteroatoms. The van der Waals surface area contributed by atoms with E-state index in [4.69, 9.17) is 4.74 Å². The van der Waals surface area contributed by atoms with Crippen LogP contribution in [-0.2, 0) is 11.3 Å². The van der Waals surface area contributed by atoms with Crippen LogP contribution >= 0.6 is 0 Å². The van der Waals surface area contributed by atoms with Crippen molar-refractivity contribution in [2.24, 2.45) is 0 Å². The highest BCUT2D eigenvalue weighted by Gasteiger charge is 2.10. The molecule has 3 nitrogen and oxygen atoms in total. The molecule has 0 unspecified atom stereocenters. The van der Waals surface area contributed by atoms with Crippen LogP contribution in [0.2, 0.25) is 0 Å². The summed E-state index contributed by atoms with van der Waals surface area (Å²) in [5.41, 5.74) is 0.385. The molecule has 1 rings (SSSR count). The summed E-state index contributed by atoms with van der Waals surface area (Å²) in [6.07, 6.45) is 0. The molecule has 0 aliphatic rings. The van der Waals surface area contributed by atoms with Gasteiger partial charge in [0.05, 0.1) is 6.61 Å². The minimum Gasteiger partial charge on any atom is -0.383 e. The second kappa shape index (κ2) is 8.14. The fourth-order valence-corrected chi connectivity index (χ4v) is 1.57. The predicted octanol–water partition coefficient (Wildman–Crippen LogP) is 1.77. The van der Waals surface area contributed by atoms with Crippen molar-refractivity contribution in [3.8, 4) is 0 Å². The molecule has 0 atom stereocenters. The Hall–Kier alpha value is -1.11. The second-order valence-electron chi connectivity index (χ2n) is 4.35. The molecule has 1 N–H and O–H groups in total. The lowest BCUT2D eigenvalue weighted by atomic mass is 10.2. The van der Waals surface area contributed by atoms with E-state index in [1.807, 2.05) is 7.05 Å². The van der Waals surface area contributed by atoms with Crippen molar-refractivity contribution >= 4 is 0 Å². The smallest absolute Gasteiger partial charge is 0.194 e. The third-order valence-electron chi connectivity index (χ3n) is 2.72. The number of ether oxygens (including phenoxy) is 1. The van der Waals surface area contributed by atoms with Gasteiger partial charge in [-0.1, -0.05) is 0 Å². The van der Waals surface area contributed by atoms with Crippen LogP contribution in [-0.4, -0.2) is 45.3 Å². The monoisotopic (exact) mass is 276 g/mol. The maximum Gasteiger partial charge on any atom is 0.194 e. The fourth-order valence-electron chi connectivity index (χ4n) is 1.57. The van der Waals surface area contributed by atoms with Gasteiger partial charge in [-0.2, -0.15) is 0 Å². The maximum absolute atomic E-state index is 13.0. The Morgan fingerprint density at radius 2 is 1.79 bits per heavy atom. The average molecular weight is 276 g/mol. The van der Waals surface area contributed by atoms with Gasteiger partial charge in [0.2, 0.25) is 0 Å². The van der Waals surface area contributed by atoms with Crippen molar-refractivity contribution in [3.63, 3.8) is 0 Å². The topological polar surface area (TPSA) is 24.5 Å². The SMILES string of the molecule is COCCN(C)CCNCc1cc(F)c(F)c(F)c1. The minimum absolute atomic E-state index is 0.298. The first kappa shape index (κ1) is 15.9. The highest BCUT2D eigenvalue weighted by molar-refractivity contribution is 5.19. The lowest BCUT2D eigenvalue weighted by molar-refractivity contribution is 0.161. The van der Waals surface area contributed by atoms with E-state index in [0.29, 0.717) is 25.3 Å². The molecule has 0 fully saturated rings. The molecule has 0 saturated carbocycles. The number of nitrogens with one attached hydrogen (secondary N) is 1. The lowest BCUT2D eigenvalue weighted by Gasteiger charge is -2.16.